The summed E-state index contributed by atoms with van der Waals surface area (Å²) in [6, 6.07) is 0.269. The minimum atomic E-state index is -0.0240. The molecule has 0 aromatic rings. The van der Waals surface area contributed by atoms with Crippen molar-refractivity contribution in [3.63, 3.8) is 0 Å². The van der Waals surface area contributed by atoms with Gasteiger partial charge in [-0.3, -0.25) is 4.79 Å². The van der Waals surface area contributed by atoms with E-state index in [4.69, 9.17) is 11.2 Å². The monoisotopic (exact) mass is 212 g/mol. The van der Waals surface area contributed by atoms with Crippen LogP contribution in [0.25, 0.3) is 0 Å². The maximum Gasteiger partial charge on any atom is 0.222 e. The second-order valence-corrected chi connectivity index (χ2v) is 3.25. The minimum Gasteiger partial charge on any atom is -0.380 e. The van der Waals surface area contributed by atoms with Crippen molar-refractivity contribution >= 4 is 5.91 Å². The normalized spacial score (nSPS) is 11.8. The van der Waals surface area contributed by atoms with Crippen LogP contribution in [-0.2, 0) is 9.53 Å². The van der Waals surface area contributed by atoms with Crippen molar-refractivity contribution in [1.29, 1.82) is 0 Å². The van der Waals surface area contributed by atoms with Crippen LogP contribution in [-0.4, -0.2) is 38.3 Å². The summed E-state index contributed by atoms with van der Waals surface area (Å²) < 4.78 is 5.23. The van der Waals surface area contributed by atoms with Crippen LogP contribution < -0.4 is 10.6 Å². The first-order valence-electron chi connectivity index (χ1n) is 5.22. The SMILES string of the molecule is C#CCNC(=O)CCNC(C)COCC. The number of carbonyl (C=O) groups is 1. The molecule has 0 aliphatic heterocycles. The lowest BCUT2D eigenvalue weighted by atomic mass is 10.3. The van der Waals surface area contributed by atoms with E-state index < -0.39 is 0 Å². The molecule has 0 saturated carbocycles. The standard InChI is InChI=1S/C11H20N2O2/c1-4-7-13-11(14)6-8-12-10(3)9-15-5-2/h1,10,12H,5-9H2,2-3H3,(H,13,14). The number of hydrogen-bond donors (Lipinski definition) is 2. The average molecular weight is 212 g/mol. The van der Waals surface area contributed by atoms with Crippen molar-refractivity contribution in [3.8, 4) is 12.3 Å². The number of rotatable bonds is 8. The number of ether oxygens (including phenoxy) is 1. The number of nitrogens with one attached hydrogen (secondary N) is 2. The van der Waals surface area contributed by atoms with E-state index in [0.29, 0.717) is 32.7 Å². The topological polar surface area (TPSA) is 50.4 Å². The Hall–Kier alpha value is -1.05. The fraction of sp³-hybridized carbons (Fsp3) is 0.727. The molecule has 0 aliphatic carbocycles. The van der Waals surface area contributed by atoms with Crippen LogP contribution in [0.2, 0.25) is 0 Å². The fourth-order valence-electron chi connectivity index (χ4n) is 1.02. The second-order valence-electron chi connectivity index (χ2n) is 3.25. The Morgan fingerprint density at radius 2 is 2.33 bits per heavy atom. The van der Waals surface area contributed by atoms with Crippen molar-refractivity contribution in [2.45, 2.75) is 26.3 Å². The quantitative estimate of drug-likeness (QED) is 0.563. The Morgan fingerprint density at radius 1 is 1.60 bits per heavy atom. The van der Waals surface area contributed by atoms with E-state index in [1.165, 1.54) is 0 Å². The Kier molecular flexibility index (Phi) is 8.84. The van der Waals surface area contributed by atoms with Crippen molar-refractivity contribution < 1.29 is 9.53 Å². The van der Waals surface area contributed by atoms with Crippen LogP contribution in [0, 0.1) is 12.3 Å². The summed E-state index contributed by atoms with van der Waals surface area (Å²) in [6.45, 7) is 6.31. The third-order valence-corrected chi connectivity index (χ3v) is 1.80. The van der Waals surface area contributed by atoms with Crippen LogP contribution >= 0.6 is 0 Å². The predicted molar refractivity (Wildman–Crippen MR) is 60.4 cm³/mol. The summed E-state index contributed by atoms with van der Waals surface area (Å²) in [4.78, 5) is 11.1. The summed E-state index contributed by atoms with van der Waals surface area (Å²) in [5.41, 5.74) is 0. The molecular weight excluding hydrogens is 192 g/mol. The van der Waals surface area contributed by atoms with E-state index in [-0.39, 0.29) is 11.9 Å². The van der Waals surface area contributed by atoms with E-state index in [2.05, 4.69) is 16.6 Å². The molecule has 1 unspecified atom stereocenters. The van der Waals surface area contributed by atoms with Crippen LogP contribution in [0.1, 0.15) is 20.3 Å². The fourth-order valence-corrected chi connectivity index (χ4v) is 1.02. The number of hydrogen-bond acceptors (Lipinski definition) is 3. The zero-order valence-electron chi connectivity index (χ0n) is 9.51. The van der Waals surface area contributed by atoms with Gasteiger partial charge in [0.25, 0.3) is 0 Å². The van der Waals surface area contributed by atoms with Gasteiger partial charge in [0, 0.05) is 25.6 Å². The molecule has 0 heterocycles. The van der Waals surface area contributed by atoms with Gasteiger partial charge in [-0.15, -0.1) is 6.42 Å². The van der Waals surface area contributed by atoms with Crippen molar-refractivity contribution in [1.82, 2.24) is 10.6 Å². The molecule has 0 radical (unpaired) electrons. The summed E-state index contributed by atoms with van der Waals surface area (Å²) in [5.74, 6) is 2.33. The van der Waals surface area contributed by atoms with Gasteiger partial charge < -0.3 is 15.4 Å². The van der Waals surface area contributed by atoms with E-state index in [1.807, 2.05) is 13.8 Å². The molecule has 0 aliphatic rings. The van der Waals surface area contributed by atoms with Crippen LogP contribution in [0.3, 0.4) is 0 Å². The van der Waals surface area contributed by atoms with E-state index in [9.17, 15) is 4.79 Å². The third kappa shape index (κ3) is 9.26. The van der Waals surface area contributed by atoms with Gasteiger partial charge in [-0.25, -0.2) is 0 Å². The lowest BCUT2D eigenvalue weighted by Gasteiger charge is -2.12. The summed E-state index contributed by atoms with van der Waals surface area (Å²) in [6.07, 6.45) is 5.45. The van der Waals surface area contributed by atoms with Gasteiger partial charge >= 0.3 is 0 Å². The van der Waals surface area contributed by atoms with Crippen molar-refractivity contribution in [3.05, 3.63) is 0 Å². The molecular formula is C11H20N2O2. The summed E-state index contributed by atoms with van der Waals surface area (Å²) >= 11 is 0. The Morgan fingerprint density at radius 3 is 2.93 bits per heavy atom. The Labute approximate surface area is 91.8 Å². The smallest absolute Gasteiger partial charge is 0.222 e. The van der Waals surface area contributed by atoms with Gasteiger partial charge in [-0.05, 0) is 13.8 Å². The zero-order valence-corrected chi connectivity index (χ0v) is 9.51. The number of carbonyl (C=O) groups excluding carboxylic acids is 1. The summed E-state index contributed by atoms with van der Waals surface area (Å²) in [7, 11) is 0. The molecule has 1 amide bonds. The van der Waals surface area contributed by atoms with Gasteiger partial charge in [-0.2, -0.15) is 0 Å². The van der Waals surface area contributed by atoms with Gasteiger partial charge in [0.1, 0.15) is 0 Å². The first kappa shape index (κ1) is 13.9. The molecule has 4 heteroatoms. The number of amides is 1. The first-order chi connectivity index (χ1) is 7.20. The molecule has 0 bridgehead atoms. The molecule has 86 valence electrons. The van der Waals surface area contributed by atoms with E-state index in [1.54, 1.807) is 0 Å². The molecule has 15 heavy (non-hydrogen) atoms. The molecule has 0 saturated heterocycles. The molecule has 2 N–H and O–H groups in total. The van der Waals surface area contributed by atoms with Crippen LogP contribution in [0.5, 0.6) is 0 Å². The van der Waals surface area contributed by atoms with Gasteiger partial charge in [0.15, 0.2) is 0 Å². The van der Waals surface area contributed by atoms with Gasteiger partial charge in [0.05, 0.1) is 13.2 Å². The summed E-state index contributed by atoms with van der Waals surface area (Å²) in [5, 5.41) is 5.79. The third-order valence-electron chi connectivity index (χ3n) is 1.80. The molecule has 0 aromatic carbocycles. The van der Waals surface area contributed by atoms with Gasteiger partial charge in [-0.1, -0.05) is 5.92 Å². The molecule has 0 aromatic heterocycles. The lowest BCUT2D eigenvalue weighted by Crippen LogP contribution is -2.34. The highest BCUT2D eigenvalue weighted by Gasteiger charge is 2.02. The van der Waals surface area contributed by atoms with Gasteiger partial charge in [0.2, 0.25) is 5.91 Å². The highest BCUT2D eigenvalue weighted by Crippen LogP contribution is 1.85. The first-order valence-corrected chi connectivity index (χ1v) is 5.22. The zero-order chi connectivity index (χ0) is 11.5. The maximum absolute atomic E-state index is 11.1. The highest BCUT2D eigenvalue weighted by molar-refractivity contribution is 5.76. The molecule has 0 rings (SSSR count). The van der Waals surface area contributed by atoms with Crippen LogP contribution in [0.15, 0.2) is 0 Å². The molecule has 0 spiro atoms. The Bertz CT molecular complexity index is 211. The maximum atomic E-state index is 11.1. The van der Waals surface area contributed by atoms with E-state index >= 15 is 0 Å². The van der Waals surface area contributed by atoms with Crippen molar-refractivity contribution in [2.24, 2.45) is 0 Å². The van der Waals surface area contributed by atoms with Crippen molar-refractivity contribution in [2.75, 3.05) is 26.3 Å². The largest absolute Gasteiger partial charge is 0.380 e. The number of terminal acetylenes is 1. The second kappa shape index (κ2) is 9.50. The van der Waals surface area contributed by atoms with Crippen LogP contribution in [0.4, 0.5) is 0 Å². The lowest BCUT2D eigenvalue weighted by molar-refractivity contribution is -0.120. The highest BCUT2D eigenvalue weighted by atomic mass is 16.5. The molecule has 0 fully saturated rings. The molecule has 4 nitrogen and oxygen atoms in total. The Balaban J connectivity index is 3.36. The average Bonchev–Trinajstić information content (AvgIpc) is 2.23. The predicted octanol–water partition coefficient (Wildman–Crippen LogP) is 0.141. The minimum absolute atomic E-state index is 0.0240. The van der Waals surface area contributed by atoms with E-state index in [0.717, 1.165) is 0 Å². The molecule has 1 atom stereocenters.